The number of aromatic nitrogens is 3. The molecule has 56 valence electrons. The van der Waals surface area contributed by atoms with Crippen LogP contribution >= 0.6 is 11.3 Å². The largest absolute Gasteiger partial charge is 0.375 e. The van der Waals surface area contributed by atoms with Gasteiger partial charge in [-0.1, -0.05) is 0 Å². The highest BCUT2D eigenvalue weighted by Gasteiger charge is 1.98. The molecule has 0 saturated heterocycles. The van der Waals surface area contributed by atoms with Gasteiger partial charge in [-0.2, -0.15) is 0 Å². The van der Waals surface area contributed by atoms with Crippen molar-refractivity contribution in [2.45, 2.75) is 0 Å². The molecule has 2 N–H and O–H groups in total. The fourth-order valence-electron chi connectivity index (χ4n) is 0.792. The zero-order chi connectivity index (χ0) is 7.68. The van der Waals surface area contributed by atoms with Crippen molar-refractivity contribution in [2.75, 3.05) is 5.73 Å². The van der Waals surface area contributed by atoms with Gasteiger partial charge in [0, 0.05) is 17.8 Å². The Balaban J connectivity index is 2.45. The average Bonchev–Trinajstić information content (AvgIpc) is 2.55. The van der Waals surface area contributed by atoms with Crippen LogP contribution < -0.4 is 5.73 Å². The van der Waals surface area contributed by atoms with Crippen LogP contribution in [-0.4, -0.2) is 14.5 Å². The van der Waals surface area contributed by atoms with E-state index in [0.717, 1.165) is 5.82 Å². The zero-order valence-corrected chi connectivity index (χ0v) is 6.45. The molecule has 2 heterocycles. The Morgan fingerprint density at radius 3 is 3.00 bits per heavy atom. The third kappa shape index (κ3) is 1.10. The van der Waals surface area contributed by atoms with Crippen LogP contribution in [0.5, 0.6) is 0 Å². The van der Waals surface area contributed by atoms with Gasteiger partial charge in [-0.3, -0.25) is 4.57 Å². The summed E-state index contributed by atoms with van der Waals surface area (Å²) in [6.45, 7) is 0. The van der Waals surface area contributed by atoms with Gasteiger partial charge in [0.2, 0.25) is 0 Å². The quantitative estimate of drug-likeness (QED) is 0.685. The van der Waals surface area contributed by atoms with Gasteiger partial charge in [-0.05, 0) is 0 Å². The van der Waals surface area contributed by atoms with Gasteiger partial charge in [0.1, 0.15) is 6.33 Å². The maximum atomic E-state index is 5.46. The van der Waals surface area contributed by atoms with Crippen LogP contribution in [0.1, 0.15) is 0 Å². The number of nitrogens with zero attached hydrogens (tertiary/aromatic N) is 3. The van der Waals surface area contributed by atoms with Gasteiger partial charge in [-0.15, -0.1) is 11.3 Å². The first-order valence-electron chi connectivity index (χ1n) is 3.05. The van der Waals surface area contributed by atoms with Crippen LogP contribution in [0, 0.1) is 0 Å². The van der Waals surface area contributed by atoms with Gasteiger partial charge in [0.25, 0.3) is 0 Å². The predicted molar refractivity (Wildman–Crippen MR) is 43.6 cm³/mol. The minimum atomic E-state index is 0.578. The van der Waals surface area contributed by atoms with E-state index in [2.05, 4.69) is 9.97 Å². The fourth-order valence-corrected chi connectivity index (χ4v) is 1.34. The molecule has 0 saturated carbocycles. The molecule has 2 rings (SSSR count). The van der Waals surface area contributed by atoms with Crippen LogP contribution in [0.2, 0.25) is 0 Å². The first-order chi connectivity index (χ1) is 5.36. The SMILES string of the molecule is Nc1nc(-n2ccnc2)cs1. The highest BCUT2D eigenvalue weighted by molar-refractivity contribution is 7.13. The third-order valence-electron chi connectivity index (χ3n) is 1.28. The number of anilines is 1. The lowest BCUT2D eigenvalue weighted by atomic mass is 10.7. The smallest absolute Gasteiger partial charge is 0.182 e. The van der Waals surface area contributed by atoms with Crippen molar-refractivity contribution in [3.8, 4) is 5.82 Å². The van der Waals surface area contributed by atoms with Gasteiger partial charge in [0.05, 0.1) is 0 Å². The van der Waals surface area contributed by atoms with E-state index < -0.39 is 0 Å². The Kier molecular flexibility index (Phi) is 1.36. The molecule has 0 radical (unpaired) electrons. The van der Waals surface area contributed by atoms with Crippen molar-refractivity contribution in [3.05, 3.63) is 24.1 Å². The van der Waals surface area contributed by atoms with Crippen molar-refractivity contribution in [2.24, 2.45) is 0 Å². The van der Waals surface area contributed by atoms with Crippen molar-refractivity contribution in [3.63, 3.8) is 0 Å². The number of hydrogen-bond acceptors (Lipinski definition) is 4. The molecule has 5 heteroatoms. The third-order valence-corrected chi connectivity index (χ3v) is 1.94. The van der Waals surface area contributed by atoms with Crippen LogP contribution in [0.25, 0.3) is 5.82 Å². The van der Waals surface area contributed by atoms with E-state index in [-0.39, 0.29) is 0 Å². The van der Waals surface area contributed by atoms with Crippen molar-refractivity contribution in [1.29, 1.82) is 0 Å². The Bertz CT molecular complexity index is 337. The lowest BCUT2D eigenvalue weighted by Crippen LogP contribution is -1.90. The normalized spacial score (nSPS) is 10.2. The number of thiazole rings is 1. The summed E-state index contributed by atoms with van der Waals surface area (Å²) >= 11 is 1.42. The molecule has 0 aliphatic rings. The van der Waals surface area contributed by atoms with Crippen molar-refractivity contribution < 1.29 is 0 Å². The van der Waals surface area contributed by atoms with E-state index in [1.54, 1.807) is 12.5 Å². The van der Waals surface area contributed by atoms with E-state index in [0.29, 0.717) is 5.13 Å². The second-order valence-electron chi connectivity index (χ2n) is 2.01. The van der Waals surface area contributed by atoms with Crippen molar-refractivity contribution in [1.82, 2.24) is 14.5 Å². The number of hydrogen-bond donors (Lipinski definition) is 1. The van der Waals surface area contributed by atoms with Gasteiger partial charge in [0.15, 0.2) is 10.9 Å². The number of rotatable bonds is 1. The summed E-state index contributed by atoms with van der Waals surface area (Å²) in [7, 11) is 0. The summed E-state index contributed by atoms with van der Waals surface area (Å²) in [5, 5.41) is 2.46. The number of nitrogens with two attached hydrogens (primary N) is 1. The molecule has 11 heavy (non-hydrogen) atoms. The topological polar surface area (TPSA) is 56.7 Å². The first kappa shape index (κ1) is 6.36. The average molecular weight is 166 g/mol. The maximum Gasteiger partial charge on any atom is 0.182 e. The second kappa shape index (κ2) is 2.35. The molecule has 0 aliphatic carbocycles. The summed E-state index contributed by atoms with van der Waals surface area (Å²) in [6.07, 6.45) is 5.22. The monoisotopic (exact) mass is 166 g/mol. The molecule has 2 aromatic heterocycles. The van der Waals surface area contributed by atoms with Gasteiger partial charge >= 0.3 is 0 Å². The Morgan fingerprint density at radius 2 is 2.45 bits per heavy atom. The minimum absolute atomic E-state index is 0.578. The Labute approximate surface area is 67.3 Å². The summed E-state index contributed by atoms with van der Waals surface area (Å²) < 4.78 is 1.81. The summed E-state index contributed by atoms with van der Waals surface area (Å²) in [4.78, 5) is 7.97. The summed E-state index contributed by atoms with van der Waals surface area (Å²) in [5.41, 5.74) is 5.46. The fraction of sp³-hybridized carbons (Fsp3) is 0. The molecule has 0 fully saturated rings. The van der Waals surface area contributed by atoms with Gasteiger partial charge in [-0.25, -0.2) is 9.97 Å². The second-order valence-corrected chi connectivity index (χ2v) is 2.90. The zero-order valence-electron chi connectivity index (χ0n) is 5.64. The van der Waals surface area contributed by atoms with E-state index in [1.165, 1.54) is 11.3 Å². The van der Waals surface area contributed by atoms with Crippen LogP contribution in [0.4, 0.5) is 5.13 Å². The van der Waals surface area contributed by atoms with Crippen LogP contribution in [0.3, 0.4) is 0 Å². The number of imidazole rings is 1. The van der Waals surface area contributed by atoms with E-state index >= 15 is 0 Å². The standard InChI is InChI=1S/C6H6N4S/c7-6-9-5(3-11-6)10-2-1-8-4-10/h1-4H,(H2,7,9). The molecule has 0 atom stereocenters. The van der Waals surface area contributed by atoms with Crippen LogP contribution in [0.15, 0.2) is 24.1 Å². The number of nitrogen functional groups attached to an aromatic ring is 1. The highest BCUT2D eigenvalue weighted by Crippen LogP contribution is 2.14. The Hall–Kier alpha value is -1.36. The van der Waals surface area contributed by atoms with E-state index in [1.807, 2.05) is 16.1 Å². The predicted octanol–water partition coefficient (Wildman–Crippen LogP) is 0.911. The molecular weight excluding hydrogens is 160 g/mol. The van der Waals surface area contributed by atoms with Gasteiger partial charge < -0.3 is 5.73 Å². The molecule has 2 aromatic rings. The minimum Gasteiger partial charge on any atom is -0.375 e. The molecule has 0 aliphatic heterocycles. The molecule has 0 spiro atoms. The maximum absolute atomic E-state index is 5.46. The molecular formula is C6H6N4S. The summed E-state index contributed by atoms with van der Waals surface area (Å²) in [6, 6.07) is 0. The molecule has 0 unspecified atom stereocenters. The van der Waals surface area contributed by atoms with E-state index in [4.69, 9.17) is 5.73 Å². The summed E-state index contributed by atoms with van der Waals surface area (Å²) in [5.74, 6) is 0.824. The highest BCUT2D eigenvalue weighted by atomic mass is 32.1. The molecule has 4 nitrogen and oxygen atoms in total. The molecule has 0 bridgehead atoms. The van der Waals surface area contributed by atoms with Crippen LogP contribution in [-0.2, 0) is 0 Å². The van der Waals surface area contributed by atoms with E-state index in [9.17, 15) is 0 Å². The van der Waals surface area contributed by atoms with Crippen molar-refractivity contribution >= 4 is 16.5 Å². The lowest BCUT2D eigenvalue weighted by molar-refractivity contribution is 1.01. The first-order valence-corrected chi connectivity index (χ1v) is 3.93. The molecule has 0 aromatic carbocycles. The Morgan fingerprint density at radius 1 is 1.55 bits per heavy atom. The molecule has 0 amide bonds. The lowest BCUT2D eigenvalue weighted by Gasteiger charge is -1.91.